The number of halogens is 3. The van der Waals surface area contributed by atoms with Crippen molar-refractivity contribution in [3.05, 3.63) is 89.4 Å². The first kappa shape index (κ1) is 21.8. The van der Waals surface area contributed by atoms with Crippen LogP contribution in [0.2, 0.25) is 0 Å². The molecule has 2 aromatic carbocycles. The minimum atomic E-state index is -4.60. The molecule has 3 rings (SSSR count). The van der Waals surface area contributed by atoms with Crippen molar-refractivity contribution in [1.29, 1.82) is 0 Å². The second-order valence-electron chi connectivity index (χ2n) is 6.40. The lowest BCUT2D eigenvalue weighted by Crippen LogP contribution is -2.31. The van der Waals surface area contributed by atoms with Gasteiger partial charge in [-0.05, 0) is 42.8 Å². The summed E-state index contributed by atoms with van der Waals surface area (Å²) in [5.41, 5.74) is -0.451. The quantitative estimate of drug-likeness (QED) is 0.319. The van der Waals surface area contributed by atoms with E-state index in [9.17, 15) is 22.8 Å². The Morgan fingerprint density at radius 2 is 1.81 bits per heavy atom. The number of furan rings is 1. The molecule has 0 saturated carbocycles. The second-order valence-corrected chi connectivity index (χ2v) is 6.40. The molecular formula is C22H17F3N2O4. The Bertz CT molecular complexity index is 1090. The molecule has 0 aliphatic rings. The monoisotopic (exact) mass is 430 g/mol. The van der Waals surface area contributed by atoms with Gasteiger partial charge >= 0.3 is 12.1 Å². The third kappa shape index (κ3) is 5.81. The molecule has 0 unspecified atom stereocenters. The molecule has 1 amide bonds. The van der Waals surface area contributed by atoms with Gasteiger partial charge in [-0.1, -0.05) is 36.4 Å². The van der Waals surface area contributed by atoms with E-state index < -0.39 is 30.2 Å². The number of hydrogen-bond acceptors (Lipinski definition) is 5. The minimum absolute atomic E-state index is 0.0938. The fourth-order valence-electron chi connectivity index (χ4n) is 2.56. The SMILES string of the molecule is Cc1ccc(C(=O)OCC(=O)N(/N=C\c2ccccc2)c2cccc(C(F)(F)F)c2)o1. The fraction of sp³-hybridized carbons (Fsp3) is 0.136. The standard InChI is InChI=1S/C22H17F3N2O4/c1-15-10-11-19(31-15)21(29)30-14-20(28)27(26-13-16-6-3-2-4-7-16)18-9-5-8-17(12-18)22(23,24)25/h2-13H,14H2,1H3/b26-13-. The summed E-state index contributed by atoms with van der Waals surface area (Å²) in [5.74, 6) is -1.33. The van der Waals surface area contributed by atoms with Crippen molar-refractivity contribution in [2.45, 2.75) is 13.1 Å². The second kappa shape index (κ2) is 9.29. The van der Waals surface area contributed by atoms with Crippen molar-refractivity contribution in [3.8, 4) is 0 Å². The van der Waals surface area contributed by atoms with E-state index in [1.54, 1.807) is 43.3 Å². The van der Waals surface area contributed by atoms with Gasteiger partial charge in [0.2, 0.25) is 5.76 Å². The van der Waals surface area contributed by atoms with Crippen LogP contribution < -0.4 is 5.01 Å². The predicted molar refractivity (Wildman–Crippen MR) is 107 cm³/mol. The summed E-state index contributed by atoms with van der Waals surface area (Å²) in [6, 6.07) is 15.7. The first-order valence-electron chi connectivity index (χ1n) is 9.07. The van der Waals surface area contributed by atoms with Crippen molar-refractivity contribution < 1.29 is 31.9 Å². The Balaban J connectivity index is 1.84. The molecule has 0 fully saturated rings. The Kier molecular flexibility index (Phi) is 6.54. The van der Waals surface area contributed by atoms with Crippen molar-refractivity contribution in [2.75, 3.05) is 11.6 Å². The zero-order valence-corrected chi connectivity index (χ0v) is 16.3. The number of hydrazone groups is 1. The molecular weight excluding hydrogens is 413 g/mol. The van der Waals surface area contributed by atoms with Crippen LogP contribution in [-0.2, 0) is 15.7 Å². The van der Waals surface area contributed by atoms with E-state index in [4.69, 9.17) is 9.15 Å². The molecule has 9 heteroatoms. The van der Waals surface area contributed by atoms with Crippen LogP contribution >= 0.6 is 0 Å². The largest absolute Gasteiger partial charge is 0.454 e. The van der Waals surface area contributed by atoms with E-state index in [2.05, 4.69) is 5.10 Å². The first-order valence-corrected chi connectivity index (χ1v) is 9.07. The average Bonchev–Trinajstić information content (AvgIpc) is 3.19. The van der Waals surface area contributed by atoms with Crippen molar-refractivity contribution in [1.82, 2.24) is 0 Å². The van der Waals surface area contributed by atoms with Gasteiger partial charge in [0.1, 0.15) is 5.76 Å². The smallest absolute Gasteiger partial charge is 0.416 e. The van der Waals surface area contributed by atoms with E-state index in [0.29, 0.717) is 11.3 Å². The number of carbonyl (C=O) groups excluding carboxylic acids is 2. The highest BCUT2D eigenvalue weighted by atomic mass is 19.4. The fourth-order valence-corrected chi connectivity index (χ4v) is 2.56. The molecule has 0 bridgehead atoms. The maximum atomic E-state index is 13.1. The van der Waals surface area contributed by atoms with Crippen LogP contribution in [0.25, 0.3) is 0 Å². The molecule has 31 heavy (non-hydrogen) atoms. The summed E-state index contributed by atoms with van der Waals surface area (Å²) in [4.78, 5) is 24.7. The number of amides is 1. The number of aryl methyl sites for hydroxylation is 1. The summed E-state index contributed by atoms with van der Waals surface area (Å²) in [6.45, 7) is 0.885. The molecule has 0 radical (unpaired) electrons. The topological polar surface area (TPSA) is 72.1 Å². The van der Waals surface area contributed by atoms with Gasteiger partial charge < -0.3 is 9.15 Å². The lowest BCUT2D eigenvalue weighted by molar-refractivity contribution is -0.137. The van der Waals surface area contributed by atoms with Gasteiger partial charge in [-0.15, -0.1) is 0 Å². The van der Waals surface area contributed by atoms with Crippen LogP contribution in [0, 0.1) is 6.92 Å². The van der Waals surface area contributed by atoms with E-state index in [1.165, 1.54) is 18.3 Å². The third-order valence-corrected chi connectivity index (χ3v) is 4.04. The Hall–Kier alpha value is -3.88. The van der Waals surface area contributed by atoms with Crippen molar-refractivity contribution in [3.63, 3.8) is 0 Å². The molecule has 6 nitrogen and oxygen atoms in total. The number of nitrogens with zero attached hydrogens (tertiary/aromatic N) is 2. The number of esters is 1. The summed E-state index contributed by atoms with van der Waals surface area (Å²) in [7, 11) is 0. The average molecular weight is 430 g/mol. The number of hydrogen-bond donors (Lipinski definition) is 0. The minimum Gasteiger partial charge on any atom is -0.454 e. The van der Waals surface area contributed by atoms with Crippen molar-refractivity contribution >= 4 is 23.8 Å². The summed E-state index contributed by atoms with van der Waals surface area (Å²) < 4.78 is 49.4. The van der Waals surface area contributed by atoms with Gasteiger partial charge in [0.25, 0.3) is 5.91 Å². The van der Waals surface area contributed by atoms with Gasteiger partial charge in [0.15, 0.2) is 6.61 Å². The summed E-state index contributed by atoms with van der Waals surface area (Å²) >= 11 is 0. The Labute approximate surface area is 175 Å². The van der Waals surface area contributed by atoms with Crippen LogP contribution in [0.15, 0.2) is 76.2 Å². The molecule has 0 aliphatic carbocycles. The number of alkyl halides is 3. The number of ether oxygens (including phenoxy) is 1. The first-order chi connectivity index (χ1) is 14.7. The summed E-state index contributed by atoms with van der Waals surface area (Å²) in [6.07, 6.45) is -3.28. The molecule has 3 aromatic rings. The van der Waals surface area contributed by atoms with Gasteiger partial charge in [-0.3, -0.25) is 4.79 Å². The highest BCUT2D eigenvalue weighted by Gasteiger charge is 2.31. The van der Waals surface area contributed by atoms with Gasteiger partial charge in [-0.25, -0.2) is 4.79 Å². The molecule has 1 heterocycles. The lowest BCUT2D eigenvalue weighted by Gasteiger charge is -2.18. The van der Waals surface area contributed by atoms with Gasteiger partial charge in [-0.2, -0.15) is 23.3 Å². The highest BCUT2D eigenvalue weighted by molar-refractivity contribution is 5.97. The van der Waals surface area contributed by atoms with E-state index in [-0.39, 0.29) is 11.4 Å². The number of rotatable bonds is 6. The van der Waals surface area contributed by atoms with E-state index in [0.717, 1.165) is 23.2 Å². The van der Waals surface area contributed by atoms with Crippen LogP contribution in [0.5, 0.6) is 0 Å². The lowest BCUT2D eigenvalue weighted by atomic mass is 10.2. The predicted octanol–water partition coefficient (Wildman–Crippen LogP) is 4.83. The van der Waals surface area contributed by atoms with E-state index in [1.807, 2.05) is 0 Å². The molecule has 0 saturated heterocycles. The van der Waals surface area contributed by atoms with Gasteiger partial charge in [0, 0.05) is 0 Å². The molecule has 0 atom stereocenters. The number of benzene rings is 2. The molecule has 1 aromatic heterocycles. The van der Waals surface area contributed by atoms with Gasteiger partial charge in [0.05, 0.1) is 17.5 Å². The van der Waals surface area contributed by atoms with Crippen LogP contribution in [-0.4, -0.2) is 24.7 Å². The zero-order valence-electron chi connectivity index (χ0n) is 16.3. The highest BCUT2D eigenvalue weighted by Crippen LogP contribution is 2.31. The third-order valence-electron chi connectivity index (χ3n) is 4.04. The van der Waals surface area contributed by atoms with Crippen LogP contribution in [0.1, 0.15) is 27.4 Å². The summed E-state index contributed by atoms with van der Waals surface area (Å²) in [5, 5.41) is 4.77. The van der Waals surface area contributed by atoms with E-state index >= 15 is 0 Å². The van der Waals surface area contributed by atoms with Crippen LogP contribution in [0.3, 0.4) is 0 Å². The normalized spacial score (nSPS) is 11.5. The number of anilines is 1. The Morgan fingerprint density at radius 1 is 1.06 bits per heavy atom. The Morgan fingerprint density at radius 3 is 2.45 bits per heavy atom. The number of carbonyl (C=O) groups is 2. The van der Waals surface area contributed by atoms with Crippen LogP contribution in [0.4, 0.5) is 18.9 Å². The molecule has 0 spiro atoms. The molecule has 0 N–H and O–H groups in total. The van der Waals surface area contributed by atoms with Crippen molar-refractivity contribution in [2.24, 2.45) is 5.10 Å². The zero-order chi connectivity index (χ0) is 22.4. The molecule has 160 valence electrons. The maximum Gasteiger partial charge on any atom is 0.416 e. The maximum absolute atomic E-state index is 13.1. The molecule has 0 aliphatic heterocycles.